The molecule has 0 bridgehead atoms. The molecule has 0 saturated carbocycles. The lowest BCUT2D eigenvalue weighted by molar-refractivity contribution is 0.0949. The van der Waals surface area contributed by atoms with E-state index in [1.807, 2.05) is 18.2 Å². The molecule has 0 radical (unpaired) electrons. The topological polar surface area (TPSA) is 54.9 Å². The second-order valence-corrected chi connectivity index (χ2v) is 4.72. The number of carbonyl (C=O) groups is 1. The summed E-state index contributed by atoms with van der Waals surface area (Å²) in [5, 5.41) is 5.39. The van der Waals surface area contributed by atoms with Gasteiger partial charge >= 0.3 is 0 Å². The molecule has 0 aromatic carbocycles. The van der Waals surface area contributed by atoms with E-state index in [2.05, 4.69) is 22.2 Å². The molecule has 0 aliphatic heterocycles. The molecule has 2 aromatic rings. The quantitative estimate of drug-likeness (QED) is 0.842. The molecule has 0 aliphatic rings. The SMILES string of the molecule is CCCCNC(=O)c1csc(-c2ccccn2)n1. The zero-order valence-corrected chi connectivity index (χ0v) is 11.0. The molecule has 0 spiro atoms. The van der Waals surface area contributed by atoms with Gasteiger partial charge < -0.3 is 5.32 Å². The molecule has 18 heavy (non-hydrogen) atoms. The van der Waals surface area contributed by atoms with Crippen molar-refractivity contribution in [3.63, 3.8) is 0 Å². The summed E-state index contributed by atoms with van der Waals surface area (Å²) in [5.74, 6) is -0.109. The van der Waals surface area contributed by atoms with Gasteiger partial charge in [0.15, 0.2) is 0 Å². The van der Waals surface area contributed by atoms with E-state index in [9.17, 15) is 4.79 Å². The van der Waals surface area contributed by atoms with Gasteiger partial charge in [-0.2, -0.15) is 0 Å². The van der Waals surface area contributed by atoms with Crippen molar-refractivity contribution in [2.45, 2.75) is 19.8 Å². The molecule has 2 aromatic heterocycles. The minimum absolute atomic E-state index is 0.109. The smallest absolute Gasteiger partial charge is 0.270 e. The third-order valence-electron chi connectivity index (χ3n) is 2.44. The Kier molecular flexibility index (Phi) is 4.41. The number of pyridine rings is 1. The molecule has 94 valence electrons. The second kappa shape index (κ2) is 6.26. The molecule has 0 saturated heterocycles. The van der Waals surface area contributed by atoms with Gasteiger partial charge in [0.1, 0.15) is 10.7 Å². The zero-order chi connectivity index (χ0) is 12.8. The van der Waals surface area contributed by atoms with E-state index in [1.165, 1.54) is 11.3 Å². The monoisotopic (exact) mass is 261 g/mol. The van der Waals surface area contributed by atoms with E-state index in [0.29, 0.717) is 12.2 Å². The molecule has 1 amide bonds. The number of amides is 1. The highest BCUT2D eigenvalue weighted by Crippen LogP contribution is 2.21. The third-order valence-corrected chi connectivity index (χ3v) is 3.30. The van der Waals surface area contributed by atoms with Crippen molar-refractivity contribution in [3.8, 4) is 10.7 Å². The van der Waals surface area contributed by atoms with Crippen LogP contribution in [0.2, 0.25) is 0 Å². The normalized spacial score (nSPS) is 10.3. The Labute approximate surface area is 110 Å². The molecule has 0 atom stereocenters. The second-order valence-electron chi connectivity index (χ2n) is 3.86. The molecular weight excluding hydrogens is 246 g/mol. The summed E-state index contributed by atoms with van der Waals surface area (Å²) in [6.45, 7) is 2.79. The Balaban J connectivity index is 2.04. The fourth-order valence-electron chi connectivity index (χ4n) is 1.45. The highest BCUT2D eigenvalue weighted by Gasteiger charge is 2.11. The number of nitrogens with one attached hydrogen (secondary N) is 1. The van der Waals surface area contributed by atoms with Crippen LogP contribution in [0.3, 0.4) is 0 Å². The van der Waals surface area contributed by atoms with Crippen LogP contribution in [-0.4, -0.2) is 22.4 Å². The molecule has 0 aliphatic carbocycles. The van der Waals surface area contributed by atoms with Gasteiger partial charge in [-0.25, -0.2) is 4.98 Å². The average molecular weight is 261 g/mol. The summed E-state index contributed by atoms with van der Waals surface area (Å²) in [5.41, 5.74) is 1.27. The van der Waals surface area contributed by atoms with Crippen LogP contribution in [0.5, 0.6) is 0 Å². The number of hydrogen-bond acceptors (Lipinski definition) is 4. The van der Waals surface area contributed by atoms with Gasteiger partial charge in [0.2, 0.25) is 0 Å². The van der Waals surface area contributed by atoms with Crippen LogP contribution >= 0.6 is 11.3 Å². The molecule has 1 N–H and O–H groups in total. The van der Waals surface area contributed by atoms with Gasteiger partial charge in [-0.3, -0.25) is 9.78 Å². The number of aromatic nitrogens is 2. The van der Waals surface area contributed by atoms with E-state index >= 15 is 0 Å². The maximum absolute atomic E-state index is 11.8. The van der Waals surface area contributed by atoms with E-state index < -0.39 is 0 Å². The van der Waals surface area contributed by atoms with Gasteiger partial charge in [0, 0.05) is 18.1 Å². The first-order valence-electron chi connectivity index (χ1n) is 5.96. The third kappa shape index (κ3) is 3.13. The molecular formula is C13H15N3OS. The Morgan fingerprint density at radius 2 is 2.33 bits per heavy atom. The summed E-state index contributed by atoms with van der Waals surface area (Å²) in [4.78, 5) is 20.3. The first-order valence-corrected chi connectivity index (χ1v) is 6.84. The number of rotatable bonds is 5. The van der Waals surface area contributed by atoms with Crippen molar-refractivity contribution in [2.24, 2.45) is 0 Å². The number of nitrogens with zero attached hydrogens (tertiary/aromatic N) is 2. The van der Waals surface area contributed by atoms with Crippen LogP contribution in [-0.2, 0) is 0 Å². The Hall–Kier alpha value is -1.75. The Morgan fingerprint density at radius 1 is 1.44 bits per heavy atom. The summed E-state index contributed by atoms with van der Waals surface area (Å²) in [7, 11) is 0. The highest BCUT2D eigenvalue weighted by molar-refractivity contribution is 7.13. The van der Waals surface area contributed by atoms with Gasteiger partial charge in [0.05, 0.1) is 5.69 Å². The van der Waals surface area contributed by atoms with Crippen molar-refractivity contribution in [2.75, 3.05) is 6.54 Å². The van der Waals surface area contributed by atoms with E-state index in [4.69, 9.17) is 0 Å². The lowest BCUT2D eigenvalue weighted by Gasteiger charge is -2.00. The Morgan fingerprint density at radius 3 is 3.06 bits per heavy atom. The fraction of sp³-hybridized carbons (Fsp3) is 0.308. The molecule has 0 unspecified atom stereocenters. The van der Waals surface area contributed by atoms with Crippen molar-refractivity contribution in [1.82, 2.24) is 15.3 Å². The molecule has 5 heteroatoms. The van der Waals surface area contributed by atoms with Crippen LogP contribution in [0.15, 0.2) is 29.8 Å². The number of hydrogen-bond donors (Lipinski definition) is 1. The molecule has 0 fully saturated rings. The van der Waals surface area contributed by atoms with Crippen LogP contribution in [0.4, 0.5) is 0 Å². The number of thiazole rings is 1. The van der Waals surface area contributed by atoms with Crippen LogP contribution in [0.1, 0.15) is 30.3 Å². The standard InChI is InChI=1S/C13H15N3OS/c1-2-3-7-15-12(17)11-9-18-13(16-11)10-6-4-5-8-14-10/h4-6,8-9H,2-3,7H2,1H3,(H,15,17). The van der Waals surface area contributed by atoms with Crippen LogP contribution in [0.25, 0.3) is 10.7 Å². The van der Waals surface area contributed by atoms with E-state index in [1.54, 1.807) is 11.6 Å². The summed E-state index contributed by atoms with van der Waals surface area (Å²) in [6.07, 6.45) is 3.78. The first kappa shape index (κ1) is 12.7. The van der Waals surface area contributed by atoms with Crippen molar-refractivity contribution < 1.29 is 4.79 Å². The first-order chi connectivity index (χ1) is 8.81. The lowest BCUT2D eigenvalue weighted by Crippen LogP contribution is -2.24. The predicted octanol–water partition coefficient (Wildman–Crippen LogP) is 2.74. The van der Waals surface area contributed by atoms with Gasteiger partial charge in [-0.15, -0.1) is 11.3 Å². The Bertz CT molecular complexity index is 510. The lowest BCUT2D eigenvalue weighted by atomic mass is 10.3. The average Bonchev–Trinajstić information content (AvgIpc) is 2.89. The summed E-state index contributed by atoms with van der Waals surface area (Å²) >= 11 is 1.44. The molecule has 2 rings (SSSR count). The number of carbonyl (C=O) groups excluding carboxylic acids is 1. The minimum Gasteiger partial charge on any atom is -0.351 e. The number of unbranched alkanes of at least 4 members (excludes halogenated alkanes) is 1. The van der Waals surface area contributed by atoms with Gasteiger partial charge in [0.25, 0.3) is 5.91 Å². The maximum Gasteiger partial charge on any atom is 0.270 e. The van der Waals surface area contributed by atoms with Crippen LogP contribution < -0.4 is 5.32 Å². The summed E-state index contributed by atoms with van der Waals surface area (Å²) in [6, 6.07) is 5.65. The van der Waals surface area contributed by atoms with Crippen molar-refractivity contribution >= 4 is 17.2 Å². The fourth-order valence-corrected chi connectivity index (χ4v) is 2.23. The van der Waals surface area contributed by atoms with Gasteiger partial charge in [-0.1, -0.05) is 19.4 Å². The van der Waals surface area contributed by atoms with E-state index in [-0.39, 0.29) is 5.91 Å². The van der Waals surface area contributed by atoms with Gasteiger partial charge in [-0.05, 0) is 18.6 Å². The molecule has 2 heterocycles. The zero-order valence-electron chi connectivity index (χ0n) is 10.2. The predicted molar refractivity (Wildman–Crippen MR) is 72.6 cm³/mol. The maximum atomic E-state index is 11.8. The van der Waals surface area contributed by atoms with Crippen molar-refractivity contribution in [1.29, 1.82) is 0 Å². The largest absolute Gasteiger partial charge is 0.351 e. The van der Waals surface area contributed by atoms with Crippen molar-refractivity contribution in [3.05, 3.63) is 35.5 Å². The summed E-state index contributed by atoms with van der Waals surface area (Å²) < 4.78 is 0. The van der Waals surface area contributed by atoms with E-state index in [0.717, 1.165) is 23.5 Å². The molecule has 4 nitrogen and oxygen atoms in total. The highest BCUT2D eigenvalue weighted by atomic mass is 32.1. The minimum atomic E-state index is -0.109. The van der Waals surface area contributed by atoms with Crippen LogP contribution in [0, 0.1) is 0 Å².